The van der Waals surface area contributed by atoms with E-state index in [0.717, 1.165) is 0 Å². The quantitative estimate of drug-likeness (QED) is 0.543. The predicted octanol–water partition coefficient (Wildman–Crippen LogP) is -0.0116. The summed E-state index contributed by atoms with van der Waals surface area (Å²) in [5, 5.41) is 0. The molecule has 0 aliphatic carbocycles. The van der Waals surface area contributed by atoms with Crippen molar-refractivity contribution in [3.63, 3.8) is 0 Å². The van der Waals surface area contributed by atoms with E-state index in [9.17, 15) is 0 Å². The van der Waals surface area contributed by atoms with Gasteiger partial charge in [0.05, 0.1) is 0 Å². The van der Waals surface area contributed by atoms with E-state index in [-0.39, 0.29) is 5.48 Å². The third-order valence-corrected chi connectivity index (χ3v) is 2.72. The molecule has 0 amide bonds. The molecule has 2 N–H and O–H groups in total. The lowest BCUT2D eigenvalue weighted by Gasteiger charge is -2.12. The molecular weight excluding hydrogens is 164 g/mol. The van der Waals surface area contributed by atoms with Crippen molar-refractivity contribution in [2.45, 2.75) is 20.8 Å². The highest BCUT2D eigenvalue weighted by atomic mass is 28.3. The summed E-state index contributed by atoms with van der Waals surface area (Å²) in [6.07, 6.45) is 0. The van der Waals surface area contributed by atoms with Crippen molar-refractivity contribution in [3.8, 4) is 0 Å². The molecule has 0 aromatic rings. The topological polar surface area (TPSA) is 59.2 Å². The molecule has 0 radical (unpaired) electrons. The number of rotatable bonds is 6. The molecule has 0 rings (SSSR count). The van der Waals surface area contributed by atoms with Crippen molar-refractivity contribution >= 4 is 9.53 Å². The van der Waals surface area contributed by atoms with E-state index in [4.69, 9.17) is 13.3 Å². The SMILES string of the molecule is CCO[SiH](OCC)OCC.O. The van der Waals surface area contributed by atoms with Gasteiger partial charge >= 0.3 is 9.53 Å². The van der Waals surface area contributed by atoms with Crippen molar-refractivity contribution in [1.82, 2.24) is 0 Å². The average molecular weight is 182 g/mol. The Morgan fingerprint density at radius 3 is 1.27 bits per heavy atom. The first-order chi connectivity index (χ1) is 4.85. The molecule has 0 aromatic carbocycles. The van der Waals surface area contributed by atoms with Gasteiger partial charge in [0.15, 0.2) is 0 Å². The maximum atomic E-state index is 5.22. The minimum absolute atomic E-state index is 0. The molecule has 0 heterocycles. The van der Waals surface area contributed by atoms with Crippen LogP contribution in [0.25, 0.3) is 0 Å². The van der Waals surface area contributed by atoms with E-state index in [1.54, 1.807) is 0 Å². The predicted molar refractivity (Wildman–Crippen MR) is 45.6 cm³/mol. The Kier molecular flexibility index (Phi) is 12.5. The molecule has 0 fully saturated rings. The first kappa shape index (κ1) is 13.6. The molecule has 11 heavy (non-hydrogen) atoms. The third kappa shape index (κ3) is 7.96. The minimum atomic E-state index is -1.73. The number of hydrogen-bond acceptors (Lipinski definition) is 3. The molecule has 0 aliphatic heterocycles. The second-order valence-electron chi connectivity index (χ2n) is 1.65. The van der Waals surface area contributed by atoms with Gasteiger partial charge in [0.1, 0.15) is 0 Å². The van der Waals surface area contributed by atoms with Crippen LogP contribution in [0.15, 0.2) is 0 Å². The van der Waals surface area contributed by atoms with Gasteiger partial charge in [-0.3, -0.25) is 0 Å². The van der Waals surface area contributed by atoms with E-state index in [1.165, 1.54) is 0 Å². The molecule has 0 saturated carbocycles. The Balaban J connectivity index is 0. The Hall–Kier alpha value is 0.0569. The fraction of sp³-hybridized carbons (Fsp3) is 1.00. The van der Waals surface area contributed by atoms with Crippen LogP contribution in [0.2, 0.25) is 0 Å². The van der Waals surface area contributed by atoms with Crippen molar-refractivity contribution in [2.24, 2.45) is 0 Å². The third-order valence-electron chi connectivity index (χ3n) is 0.908. The highest BCUT2D eigenvalue weighted by Crippen LogP contribution is 1.90. The molecule has 0 aliphatic rings. The largest absolute Gasteiger partial charge is 0.484 e. The second kappa shape index (κ2) is 10.1. The molecule has 70 valence electrons. The van der Waals surface area contributed by atoms with E-state index in [2.05, 4.69) is 0 Å². The van der Waals surface area contributed by atoms with Crippen molar-refractivity contribution in [3.05, 3.63) is 0 Å². The van der Waals surface area contributed by atoms with Crippen LogP contribution in [-0.4, -0.2) is 34.8 Å². The van der Waals surface area contributed by atoms with Crippen LogP contribution >= 0.6 is 0 Å². The van der Waals surface area contributed by atoms with Gasteiger partial charge in [-0.25, -0.2) is 0 Å². The average Bonchev–Trinajstić information content (AvgIpc) is 1.90. The Bertz CT molecular complexity index is 57.3. The summed E-state index contributed by atoms with van der Waals surface area (Å²) in [6.45, 7) is 7.86. The van der Waals surface area contributed by atoms with Gasteiger partial charge in [0, 0.05) is 19.8 Å². The molecule has 0 atom stereocenters. The van der Waals surface area contributed by atoms with Gasteiger partial charge in [-0.15, -0.1) is 0 Å². The maximum absolute atomic E-state index is 5.22. The fourth-order valence-electron chi connectivity index (χ4n) is 0.553. The second-order valence-corrected chi connectivity index (χ2v) is 3.23. The van der Waals surface area contributed by atoms with E-state index in [0.29, 0.717) is 19.8 Å². The monoisotopic (exact) mass is 182 g/mol. The summed E-state index contributed by atoms with van der Waals surface area (Å²) in [4.78, 5) is 0. The van der Waals surface area contributed by atoms with Crippen LogP contribution in [0.3, 0.4) is 0 Å². The Labute approximate surface area is 69.7 Å². The lowest BCUT2D eigenvalue weighted by molar-refractivity contribution is 0.107. The van der Waals surface area contributed by atoms with E-state index < -0.39 is 9.53 Å². The normalized spacial score (nSPS) is 9.82. The van der Waals surface area contributed by atoms with E-state index in [1.807, 2.05) is 20.8 Å². The molecule has 5 heteroatoms. The Morgan fingerprint density at radius 2 is 1.09 bits per heavy atom. The van der Waals surface area contributed by atoms with Gasteiger partial charge in [-0.05, 0) is 20.8 Å². The summed E-state index contributed by atoms with van der Waals surface area (Å²) < 4.78 is 15.7. The minimum Gasteiger partial charge on any atom is -0.412 e. The summed E-state index contributed by atoms with van der Waals surface area (Å²) in [5.41, 5.74) is 0. The van der Waals surface area contributed by atoms with Crippen LogP contribution in [0.4, 0.5) is 0 Å². The van der Waals surface area contributed by atoms with Crippen LogP contribution in [-0.2, 0) is 13.3 Å². The van der Waals surface area contributed by atoms with Gasteiger partial charge in [-0.2, -0.15) is 0 Å². The molecule has 0 aromatic heterocycles. The zero-order valence-corrected chi connectivity index (χ0v) is 8.58. The van der Waals surface area contributed by atoms with Crippen LogP contribution in [0.1, 0.15) is 20.8 Å². The number of hydrogen-bond donors (Lipinski definition) is 0. The van der Waals surface area contributed by atoms with Crippen molar-refractivity contribution < 1.29 is 18.8 Å². The van der Waals surface area contributed by atoms with E-state index >= 15 is 0 Å². The molecule has 4 nitrogen and oxygen atoms in total. The summed E-state index contributed by atoms with van der Waals surface area (Å²) in [6, 6.07) is 0. The van der Waals surface area contributed by atoms with Crippen LogP contribution in [0, 0.1) is 0 Å². The molecular formula is C6H18O4Si. The molecule has 0 bridgehead atoms. The van der Waals surface area contributed by atoms with Crippen molar-refractivity contribution in [1.29, 1.82) is 0 Å². The van der Waals surface area contributed by atoms with Crippen LogP contribution in [0.5, 0.6) is 0 Å². The summed E-state index contributed by atoms with van der Waals surface area (Å²) in [7, 11) is -1.73. The van der Waals surface area contributed by atoms with Gasteiger partial charge in [0.2, 0.25) is 0 Å². The zero-order chi connectivity index (χ0) is 7.82. The lowest BCUT2D eigenvalue weighted by Crippen LogP contribution is -2.27. The highest BCUT2D eigenvalue weighted by molar-refractivity contribution is 6.36. The fourth-order valence-corrected chi connectivity index (χ4v) is 1.66. The smallest absolute Gasteiger partial charge is 0.412 e. The molecule has 0 unspecified atom stereocenters. The first-order valence-corrected chi connectivity index (χ1v) is 5.11. The molecule has 0 spiro atoms. The lowest BCUT2D eigenvalue weighted by atomic mass is 10.9. The Morgan fingerprint density at radius 1 is 0.818 bits per heavy atom. The van der Waals surface area contributed by atoms with Gasteiger partial charge in [-0.1, -0.05) is 0 Å². The maximum Gasteiger partial charge on any atom is 0.484 e. The molecule has 0 saturated heterocycles. The zero-order valence-electron chi connectivity index (χ0n) is 7.42. The standard InChI is InChI=1S/C6H16O3Si.H2O/c1-4-7-10(8-5-2)9-6-3;/h10H,4-6H2,1-3H3;1H2. The van der Waals surface area contributed by atoms with Gasteiger partial charge in [0.25, 0.3) is 0 Å². The highest BCUT2D eigenvalue weighted by Gasteiger charge is 2.11. The van der Waals surface area contributed by atoms with Crippen molar-refractivity contribution in [2.75, 3.05) is 19.8 Å². The van der Waals surface area contributed by atoms with Gasteiger partial charge < -0.3 is 18.8 Å². The summed E-state index contributed by atoms with van der Waals surface area (Å²) in [5.74, 6) is 0. The first-order valence-electron chi connectivity index (χ1n) is 3.69. The summed E-state index contributed by atoms with van der Waals surface area (Å²) >= 11 is 0. The van der Waals surface area contributed by atoms with Crippen LogP contribution < -0.4 is 0 Å².